The number of nitrogens with one attached hydrogen (secondary N) is 1. The number of rotatable bonds is 5. The third kappa shape index (κ3) is 4.35. The Morgan fingerprint density at radius 2 is 1.82 bits per heavy atom. The van der Waals surface area contributed by atoms with Crippen LogP contribution in [0.3, 0.4) is 0 Å². The highest BCUT2D eigenvalue weighted by Crippen LogP contribution is 2.20. The summed E-state index contributed by atoms with van der Waals surface area (Å²) < 4.78 is 5.92. The molecule has 0 aliphatic carbocycles. The zero-order chi connectivity index (χ0) is 14.5. The minimum Gasteiger partial charge on any atom is -0.492 e. The van der Waals surface area contributed by atoms with Gasteiger partial charge in [0.25, 0.3) is 0 Å². The highest BCUT2D eigenvalue weighted by molar-refractivity contribution is 5.85. The molecule has 120 valence electrons. The van der Waals surface area contributed by atoms with Crippen molar-refractivity contribution >= 4 is 23.2 Å². The third-order valence-corrected chi connectivity index (χ3v) is 4.37. The Kier molecular flexibility index (Phi) is 6.49. The number of hydrogen-bond donors (Lipinski definition) is 1. The lowest BCUT2D eigenvalue weighted by Crippen LogP contribution is -2.42. The summed E-state index contributed by atoms with van der Waals surface area (Å²) in [5.41, 5.74) is 0. The molecule has 2 aromatic carbocycles. The van der Waals surface area contributed by atoms with Crippen LogP contribution in [-0.2, 0) is 0 Å². The van der Waals surface area contributed by atoms with E-state index >= 15 is 0 Å². The first-order chi connectivity index (χ1) is 10.3. The van der Waals surface area contributed by atoms with E-state index in [0.717, 1.165) is 32.0 Å². The smallest absolute Gasteiger partial charge is 0.120 e. The van der Waals surface area contributed by atoms with Crippen molar-refractivity contribution in [2.75, 3.05) is 33.3 Å². The highest BCUT2D eigenvalue weighted by atomic mass is 35.5. The van der Waals surface area contributed by atoms with Crippen LogP contribution in [0.1, 0.15) is 12.8 Å². The SMILES string of the molecule is CN(CCOc1ccc2ccccc2c1)C1CCNCC1.Cl. The normalized spacial score (nSPS) is 15.7. The summed E-state index contributed by atoms with van der Waals surface area (Å²) in [5.74, 6) is 0.965. The largest absolute Gasteiger partial charge is 0.492 e. The predicted molar refractivity (Wildman–Crippen MR) is 95.2 cm³/mol. The maximum absolute atomic E-state index is 5.92. The molecule has 0 spiro atoms. The molecule has 0 saturated carbocycles. The summed E-state index contributed by atoms with van der Waals surface area (Å²) in [5, 5.41) is 5.91. The fraction of sp³-hybridized carbons (Fsp3) is 0.444. The molecular weight excluding hydrogens is 296 g/mol. The van der Waals surface area contributed by atoms with Crippen LogP contribution >= 0.6 is 12.4 Å². The zero-order valence-corrected chi connectivity index (χ0v) is 13.9. The molecule has 1 heterocycles. The van der Waals surface area contributed by atoms with Gasteiger partial charge in [-0.1, -0.05) is 30.3 Å². The number of piperidine rings is 1. The summed E-state index contributed by atoms with van der Waals surface area (Å²) in [6.07, 6.45) is 2.49. The molecule has 0 aromatic heterocycles. The first kappa shape index (κ1) is 17.1. The number of halogens is 1. The predicted octanol–water partition coefficient (Wildman–Crippen LogP) is 3.32. The van der Waals surface area contributed by atoms with Crippen LogP contribution in [0, 0.1) is 0 Å². The van der Waals surface area contributed by atoms with Gasteiger partial charge in [-0.25, -0.2) is 0 Å². The minimum atomic E-state index is 0. The first-order valence-electron chi connectivity index (χ1n) is 7.85. The summed E-state index contributed by atoms with van der Waals surface area (Å²) in [6.45, 7) is 4.01. The number of ether oxygens (including phenoxy) is 1. The lowest BCUT2D eigenvalue weighted by atomic mass is 10.1. The number of likely N-dealkylation sites (N-methyl/N-ethyl adjacent to an activating group) is 1. The summed E-state index contributed by atoms with van der Waals surface area (Å²) in [7, 11) is 2.21. The van der Waals surface area contributed by atoms with Crippen LogP contribution in [0.15, 0.2) is 42.5 Å². The molecule has 22 heavy (non-hydrogen) atoms. The fourth-order valence-corrected chi connectivity index (χ4v) is 2.99. The molecule has 1 saturated heterocycles. The second kappa shape index (κ2) is 8.37. The first-order valence-corrected chi connectivity index (χ1v) is 7.85. The van der Waals surface area contributed by atoms with E-state index in [1.165, 1.54) is 23.6 Å². The minimum absolute atomic E-state index is 0. The van der Waals surface area contributed by atoms with Crippen molar-refractivity contribution in [3.63, 3.8) is 0 Å². The quantitative estimate of drug-likeness (QED) is 0.914. The highest BCUT2D eigenvalue weighted by Gasteiger charge is 2.17. The molecule has 0 unspecified atom stereocenters. The van der Waals surface area contributed by atoms with Crippen molar-refractivity contribution < 1.29 is 4.74 Å². The van der Waals surface area contributed by atoms with Crippen LogP contribution in [0.25, 0.3) is 10.8 Å². The second-order valence-corrected chi connectivity index (χ2v) is 5.82. The standard InChI is InChI=1S/C18H24N2O.ClH/c1-20(17-8-10-19-11-9-17)12-13-21-18-7-6-15-4-2-3-5-16(15)14-18;/h2-7,14,17,19H,8-13H2,1H3;1H. The number of hydrogen-bond acceptors (Lipinski definition) is 3. The van der Waals surface area contributed by atoms with E-state index in [1.54, 1.807) is 0 Å². The van der Waals surface area contributed by atoms with Gasteiger partial charge in [-0.05, 0) is 55.9 Å². The van der Waals surface area contributed by atoms with Crippen LogP contribution in [0.2, 0.25) is 0 Å². The number of nitrogens with zero attached hydrogens (tertiary/aromatic N) is 1. The van der Waals surface area contributed by atoms with Gasteiger partial charge in [0.15, 0.2) is 0 Å². The molecule has 0 radical (unpaired) electrons. The fourth-order valence-electron chi connectivity index (χ4n) is 2.99. The molecule has 0 amide bonds. The second-order valence-electron chi connectivity index (χ2n) is 5.82. The molecule has 0 atom stereocenters. The average molecular weight is 321 g/mol. The molecule has 1 N–H and O–H groups in total. The maximum Gasteiger partial charge on any atom is 0.120 e. The molecule has 1 aliphatic rings. The monoisotopic (exact) mass is 320 g/mol. The van der Waals surface area contributed by atoms with E-state index in [0.29, 0.717) is 6.04 Å². The van der Waals surface area contributed by atoms with E-state index < -0.39 is 0 Å². The third-order valence-electron chi connectivity index (χ3n) is 4.37. The van der Waals surface area contributed by atoms with Gasteiger partial charge in [0.1, 0.15) is 12.4 Å². The van der Waals surface area contributed by atoms with E-state index in [2.05, 4.69) is 59.7 Å². The molecular formula is C18H25ClN2O. The topological polar surface area (TPSA) is 24.5 Å². The van der Waals surface area contributed by atoms with Gasteiger partial charge in [0.2, 0.25) is 0 Å². The molecule has 3 nitrogen and oxygen atoms in total. The molecule has 1 fully saturated rings. The Balaban J connectivity index is 0.00000176. The molecule has 0 bridgehead atoms. The lowest BCUT2D eigenvalue weighted by Gasteiger charge is -2.31. The Morgan fingerprint density at radius 3 is 2.59 bits per heavy atom. The summed E-state index contributed by atoms with van der Waals surface area (Å²) >= 11 is 0. The van der Waals surface area contributed by atoms with Crippen molar-refractivity contribution in [2.45, 2.75) is 18.9 Å². The average Bonchev–Trinajstić information content (AvgIpc) is 2.55. The van der Waals surface area contributed by atoms with Gasteiger partial charge in [0.05, 0.1) is 0 Å². The van der Waals surface area contributed by atoms with E-state index in [1.807, 2.05) is 0 Å². The zero-order valence-electron chi connectivity index (χ0n) is 13.1. The maximum atomic E-state index is 5.92. The van der Waals surface area contributed by atoms with Crippen LogP contribution in [0.4, 0.5) is 0 Å². The van der Waals surface area contributed by atoms with Crippen LogP contribution < -0.4 is 10.1 Å². The lowest BCUT2D eigenvalue weighted by molar-refractivity contribution is 0.165. The van der Waals surface area contributed by atoms with Crippen LogP contribution in [-0.4, -0.2) is 44.2 Å². The Bertz CT molecular complexity index is 584. The molecule has 2 aromatic rings. The Labute approximate surface area is 139 Å². The number of benzene rings is 2. The van der Waals surface area contributed by atoms with Gasteiger partial charge in [-0.3, -0.25) is 4.90 Å². The Morgan fingerprint density at radius 1 is 1.09 bits per heavy atom. The van der Waals surface area contributed by atoms with Crippen molar-refractivity contribution in [3.8, 4) is 5.75 Å². The van der Waals surface area contributed by atoms with Gasteiger partial charge >= 0.3 is 0 Å². The van der Waals surface area contributed by atoms with Crippen LogP contribution in [0.5, 0.6) is 5.75 Å². The van der Waals surface area contributed by atoms with Gasteiger partial charge in [-0.2, -0.15) is 0 Å². The van der Waals surface area contributed by atoms with E-state index in [4.69, 9.17) is 4.74 Å². The van der Waals surface area contributed by atoms with Gasteiger partial charge in [0, 0.05) is 12.6 Å². The summed E-state index contributed by atoms with van der Waals surface area (Å²) in [6, 6.07) is 15.4. The van der Waals surface area contributed by atoms with Gasteiger partial charge in [-0.15, -0.1) is 12.4 Å². The molecule has 4 heteroatoms. The summed E-state index contributed by atoms with van der Waals surface area (Å²) in [4.78, 5) is 2.43. The van der Waals surface area contributed by atoms with Crippen molar-refractivity contribution in [1.29, 1.82) is 0 Å². The van der Waals surface area contributed by atoms with Gasteiger partial charge < -0.3 is 10.1 Å². The van der Waals surface area contributed by atoms with E-state index in [9.17, 15) is 0 Å². The Hall–Kier alpha value is -1.29. The van der Waals surface area contributed by atoms with Crippen molar-refractivity contribution in [1.82, 2.24) is 10.2 Å². The van der Waals surface area contributed by atoms with Crippen molar-refractivity contribution in [2.24, 2.45) is 0 Å². The molecule has 1 aliphatic heterocycles. The van der Waals surface area contributed by atoms with Crippen molar-refractivity contribution in [3.05, 3.63) is 42.5 Å². The van der Waals surface area contributed by atoms with E-state index in [-0.39, 0.29) is 12.4 Å². The molecule has 3 rings (SSSR count). The number of fused-ring (bicyclic) bond motifs is 1.